The van der Waals surface area contributed by atoms with Crippen molar-refractivity contribution in [2.45, 2.75) is 37.9 Å². The highest BCUT2D eigenvalue weighted by Crippen LogP contribution is 2.40. The molecule has 10 heteroatoms. The van der Waals surface area contributed by atoms with E-state index in [1.54, 1.807) is 17.4 Å². The lowest BCUT2D eigenvalue weighted by atomic mass is 9.88. The summed E-state index contributed by atoms with van der Waals surface area (Å²) in [7, 11) is 0. The van der Waals surface area contributed by atoms with E-state index >= 15 is 0 Å². The van der Waals surface area contributed by atoms with Crippen LogP contribution in [-0.2, 0) is 24.2 Å². The average Bonchev–Trinajstić information content (AvgIpc) is 3.52. The van der Waals surface area contributed by atoms with Crippen molar-refractivity contribution in [2.75, 3.05) is 11.1 Å². The van der Waals surface area contributed by atoms with E-state index in [1.807, 2.05) is 16.7 Å². The number of hydrogen-bond donors (Lipinski definition) is 2. The van der Waals surface area contributed by atoms with Crippen LogP contribution in [0.15, 0.2) is 47.5 Å². The van der Waals surface area contributed by atoms with Gasteiger partial charge < -0.3 is 11.1 Å². The molecule has 2 amide bonds. The van der Waals surface area contributed by atoms with Gasteiger partial charge in [0.25, 0.3) is 5.91 Å². The van der Waals surface area contributed by atoms with Crippen LogP contribution in [-0.4, -0.2) is 32.3 Å². The molecule has 0 radical (unpaired) electrons. The molecule has 1 aliphatic carbocycles. The number of fused-ring (bicyclic) bond motifs is 2. The molecule has 0 saturated carbocycles. The smallest absolute Gasteiger partial charge is 0.251 e. The first-order valence-electron chi connectivity index (χ1n) is 11.3. The summed E-state index contributed by atoms with van der Waals surface area (Å²) in [4.78, 5) is 26.2. The van der Waals surface area contributed by atoms with Crippen molar-refractivity contribution in [1.29, 1.82) is 0 Å². The second-order valence-electron chi connectivity index (χ2n) is 8.61. The third-order valence-corrected chi connectivity index (χ3v) is 9.19. The number of aromatic nitrogens is 3. The SMILES string of the molecule is C=CCn1c(SCC(=O)Nc2sc3c(c2C(N)=O)CCC(C)C3)nnc1-c1csc2ccccc12. The molecule has 3 N–H and O–H groups in total. The van der Waals surface area contributed by atoms with Crippen LogP contribution in [0.25, 0.3) is 21.5 Å². The highest BCUT2D eigenvalue weighted by molar-refractivity contribution is 7.99. The van der Waals surface area contributed by atoms with Crippen molar-refractivity contribution >= 4 is 61.3 Å². The van der Waals surface area contributed by atoms with Gasteiger partial charge in [0.2, 0.25) is 5.91 Å². The van der Waals surface area contributed by atoms with Gasteiger partial charge in [-0.3, -0.25) is 14.2 Å². The van der Waals surface area contributed by atoms with Crippen LogP contribution in [0.3, 0.4) is 0 Å². The highest BCUT2D eigenvalue weighted by Gasteiger charge is 2.27. The maximum absolute atomic E-state index is 12.9. The van der Waals surface area contributed by atoms with E-state index in [9.17, 15) is 9.59 Å². The molecule has 1 aromatic carbocycles. The molecule has 35 heavy (non-hydrogen) atoms. The number of amides is 2. The Morgan fingerprint density at radius 1 is 1.34 bits per heavy atom. The van der Waals surface area contributed by atoms with Gasteiger partial charge in [-0.05, 0) is 36.8 Å². The molecular weight excluding hydrogens is 499 g/mol. The predicted molar refractivity (Wildman–Crippen MR) is 144 cm³/mol. The number of thiophene rings is 2. The van der Waals surface area contributed by atoms with Gasteiger partial charge in [0.05, 0.1) is 11.3 Å². The summed E-state index contributed by atoms with van der Waals surface area (Å²) in [6, 6.07) is 8.19. The predicted octanol–water partition coefficient (Wildman–Crippen LogP) is 5.36. The third kappa shape index (κ3) is 4.65. The van der Waals surface area contributed by atoms with Crippen molar-refractivity contribution < 1.29 is 9.59 Å². The second-order valence-corrected chi connectivity index (χ2v) is 11.6. The van der Waals surface area contributed by atoms with E-state index in [0.717, 1.165) is 46.5 Å². The van der Waals surface area contributed by atoms with Gasteiger partial charge in [-0.25, -0.2) is 0 Å². The Hall–Kier alpha value is -2.95. The van der Waals surface area contributed by atoms with Gasteiger partial charge >= 0.3 is 0 Å². The molecule has 1 atom stereocenters. The molecule has 180 valence electrons. The van der Waals surface area contributed by atoms with Gasteiger partial charge in [0.15, 0.2) is 11.0 Å². The Balaban J connectivity index is 1.35. The fourth-order valence-electron chi connectivity index (χ4n) is 4.43. The minimum absolute atomic E-state index is 0.136. The first-order chi connectivity index (χ1) is 17.0. The van der Waals surface area contributed by atoms with Crippen molar-refractivity contribution in [3.8, 4) is 11.4 Å². The van der Waals surface area contributed by atoms with Crippen LogP contribution in [0.4, 0.5) is 5.00 Å². The molecule has 0 saturated heterocycles. The molecule has 0 aliphatic heterocycles. The summed E-state index contributed by atoms with van der Waals surface area (Å²) in [6.45, 7) is 6.60. The lowest BCUT2D eigenvalue weighted by Gasteiger charge is -2.18. The summed E-state index contributed by atoms with van der Waals surface area (Å²) in [5.41, 5.74) is 8.17. The van der Waals surface area contributed by atoms with Gasteiger partial charge in [0.1, 0.15) is 5.00 Å². The van der Waals surface area contributed by atoms with E-state index in [0.29, 0.717) is 28.2 Å². The van der Waals surface area contributed by atoms with Crippen LogP contribution < -0.4 is 11.1 Å². The number of rotatable bonds is 8. The number of carbonyl (C=O) groups excluding carboxylic acids is 2. The maximum atomic E-state index is 12.9. The van der Waals surface area contributed by atoms with Gasteiger partial charge in [-0.15, -0.1) is 39.4 Å². The van der Waals surface area contributed by atoms with Crippen LogP contribution in [0.1, 0.15) is 34.1 Å². The number of carbonyl (C=O) groups is 2. The van der Waals surface area contributed by atoms with E-state index < -0.39 is 5.91 Å². The Morgan fingerprint density at radius 2 is 2.17 bits per heavy atom. The first kappa shape index (κ1) is 23.8. The number of nitrogens with two attached hydrogens (primary N) is 1. The fourth-order valence-corrected chi connectivity index (χ4v) is 7.55. The summed E-state index contributed by atoms with van der Waals surface area (Å²) in [5.74, 6) is 0.753. The molecular formula is C25H25N5O2S3. The van der Waals surface area contributed by atoms with E-state index in [4.69, 9.17) is 5.73 Å². The molecule has 1 unspecified atom stereocenters. The van der Waals surface area contributed by atoms with Crippen LogP contribution in [0.5, 0.6) is 0 Å². The number of benzene rings is 1. The molecule has 4 aromatic rings. The molecule has 0 fully saturated rings. The van der Waals surface area contributed by atoms with Crippen molar-refractivity contribution in [3.05, 3.63) is 58.3 Å². The summed E-state index contributed by atoms with van der Waals surface area (Å²) in [5, 5.41) is 16.1. The Labute approximate surface area is 215 Å². The van der Waals surface area contributed by atoms with Gasteiger partial charge in [-0.1, -0.05) is 43.0 Å². The maximum Gasteiger partial charge on any atom is 0.251 e. The molecule has 0 bridgehead atoms. The van der Waals surface area contributed by atoms with Gasteiger partial charge in [0, 0.05) is 32.5 Å². The van der Waals surface area contributed by atoms with Crippen molar-refractivity contribution in [3.63, 3.8) is 0 Å². The quantitative estimate of drug-likeness (QED) is 0.239. The summed E-state index contributed by atoms with van der Waals surface area (Å²) < 4.78 is 3.15. The van der Waals surface area contributed by atoms with Crippen LogP contribution in [0, 0.1) is 5.92 Å². The third-order valence-electron chi connectivity index (χ3n) is 6.09. The number of primary amides is 1. The second kappa shape index (κ2) is 9.96. The zero-order valence-electron chi connectivity index (χ0n) is 19.2. The van der Waals surface area contributed by atoms with E-state index in [1.165, 1.54) is 27.8 Å². The highest BCUT2D eigenvalue weighted by atomic mass is 32.2. The van der Waals surface area contributed by atoms with Crippen molar-refractivity contribution in [1.82, 2.24) is 14.8 Å². The topological polar surface area (TPSA) is 103 Å². The fraction of sp³-hybridized carbons (Fsp3) is 0.280. The largest absolute Gasteiger partial charge is 0.365 e. The van der Waals surface area contributed by atoms with Crippen LogP contribution in [0.2, 0.25) is 0 Å². The lowest BCUT2D eigenvalue weighted by Crippen LogP contribution is -2.20. The molecule has 1 aliphatic rings. The number of hydrogen-bond acceptors (Lipinski definition) is 7. The van der Waals surface area contributed by atoms with E-state index in [-0.39, 0.29) is 11.7 Å². The zero-order chi connectivity index (χ0) is 24.5. The Kier molecular flexibility index (Phi) is 6.77. The summed E-state index contributed by atoms with van der Waals surface area (Å²) >= 11 is 4.44. The Morgan fingerprint density at radius 3 is 2.97 bits per heavy atom. The monoisotopic (exact) mass is 523 g/mol. The number of anilines is 1. The number of nitrogens with one attached hydrogen (secondary N) is 1. The lowest BCUT2D eigenvalue weighted by molar-refractivity contribution is -0.113. The molecule has 3 heterocycles. The average molecular weight is 524 g/mol. The summed E-state index contributed by atoms with van der Waals surface area (Å²) in [6.07, 6.45) is 4.55. The van der Waals surface area contributed by atoms with Crippen molar-refractivity contribution in [2.24, 2.45) is 11.7 Å². The zero-order valence-corrected chi connectivity index (χ0v) is 21.7. The molecule has 7 nitrogen and oxygen atoms in total. The molecule has 5 rings (SSSR count). The molecule has 3 aromatic heterocycles. The molecule has 0 spiro atoms. The number of nitrogens with zero attached hydrogens (tertiary/aromatic N) is 3. The minimum atomic E-state index is -0.488. The Bertz CT molecular complexity index is 1430. The van der Waals surface area contributed by atoms with E-state index in [2.05, 4.69) is 46.5 Å². The normalized spacial score (nSPS) is 15.2. The standard InChI is InChI=1S/C25H25N5O2S3/c1-3-10-30-23(17-12-33-18-7-5-4-6-15(17)18)28-29-25(30)34-13-20(31)27-24-21(22(26)32)16-9-8-14(2)11-19(16)35-24/h3-7,12,14H,1,8-11,13H2,2H3,(H2,26,32)(H,27,31). The number of allylic oxidation sites excluding steroid dienone is 1. The minimum Gasteiger partial charge on any atom is -0.365 e. The number of thioether (sulfide) groups is 1. The van der Waals surface area contributed by atoms with Gasteiger partial charge in [-0.2, -0.15) is 0 Å². The first-order valence-corrected chi connectivity index (χ1v) is 14.0. The van der Waals surface area contributed by atoms with Crippen LogP contribution >= 0.6 is 34.4 Å².